The first-order chi connectivity index (χ1) is 8.58. The van der Waals surface area contributed by atoms with Gasteiger partial charge in [-0.15, -0.1) is 0 Å². The molecule has 3 heteroatoms. The summed E-state index contributed by atoms with van der Waals surface area (Å²) in [5.41, 5.74) is 6.30. The van der Waals surface area contributed by atoms with Crippen molar-refractivity contribution >= 4 is 0 Å². The van der Waals surface area contributed by atoms with Crippen LogP contribution in [0.2, 0.25) is 0 Å². The average molecular weight is 244 g/mol. The van der Waals surface area contributed by atoms with Gasteiger partial charge in [0.25, 0.3) is 0 Å². The van der Waals surface area contributed by atoms with Crippen molar-refractivity contribution in [3.05, 3.63) is 52.4 Å². The van der Waals surface area contributed by atoms with Gasteiger partial charge in [0.2, 0.25) is 0 Å². The van der Waals surface area contributed by atoms with Crippen LogP contribution in [-0.2, 0) is 6.54 Å². The Morgan fingerprint density at radius 1 is 1.17 bits per heavy atom. The lowest BCUT2D eigenvalue weighted by molar-refractivity contribution is 0.406. The molecule has 3 nitrogen and oxygen atoms in total. The van der Waals surface area contributed by atoms with Crippen LogP contribution in [0.4, 0.5) is 0 Å². The lowest BCUT2D eigenvalue weighted by Crippen LogP contribution is -2.19. The maximum Gasteiger partial charge on any atom is 0.124 e. The SMILES string of the molecule is Cc1cc(C)c(C(C)NCc2ccon2)cc1C. The summed E-state index contributed by atoms with van der Waals surface area (Å²) in [6, 6.07) is 6.71. The summed E-state index contributed by atoms with van der Waals surface area (Å²) in [4.78, 5) is 0. The Morgan fingerprint density at radius 2 is 1.89 bits per heavy atom. The summed E-state index contributed by atoms with van der Waals surface area (Å²) in [7, 11) is 0. The van der Waals surface area contributed by atoms with Gasteiger partial charge in [-0.05, 0) is 49.9 Å². The Hall–Kier alpha value is -1.61. The molecule has 0 aliphatic heterocycles. The van der Waals surface area contributed by atoms with Gasteiger partial charge in [0, 0.05) is 18.7 Å². The zero-order valence-electron chi connectivity index (χ0n) is 11.4. The van der Waals surface area contributed by atoms with Crippen LogP contribution < -0.4 is 5.32 Å². The molecule has 1 atom stereocenters. The van der Waals surface area contributed by atoms with Crippen molar-refractivity contribution in [2.75, 3.05) is 0 Å². The first-order valence-electron chi connectivity index (χ1n) is 6.28. The standard InChI is InChI=1S/C15H20N2O/c1-10-7-12(3)15(8-11(10)2)13(4)16-9-14-5-6-18-17-14/h5-8,13,16H,9H2,1-4H3. The van der Waals surface area contributed by atoms with Crippen LogP contribution in [-0.4, -0.2) is 5.16 Å². The molecular weight excluding hydrogens is 224 g/mol. The van der Waals surface area contributed by atoms with Gasteiger partial charge in [-0.25, -0.2) is 0 Å². The van der Waals surface area contributed by atoms with Gasteiger partial charge in [-0.1, -0.05) is 17.3 Å². The van der Waals surface area contributed by atoms with E-state index in [-0.39, 0.29) is 0 Å². The highest BCUT2D eigenvalue weighted by Crippen LogP contribution is 2.21. The summed E-state index contributed by atoms with van der Waals surface area (Å²) in [5, 5.41) is 7.36. The fourth-order valence-corrected chi connectivity index (χ4v) is 2.15. The van der Waals surface area contributed by atoms with Crippen molar-refractivity contribution in [1.82, 2.24) is 10.5 Å². The van der Waals surface area contributed by atoms with Crippen molar-refractivity contribution in [2.45, 2.75) is 40.3 Å². The highest BCUT2D eigenvalue weighted by atomic mass is 16.5. The molecule has 0 radical (unpaired) electrons. The first kappa shape index (κ1) is 12.8. The number of hydrogen-bond donors (Lipinski definition) is 1. The minimum absolute atomic E-state index is 0.306. The van der Waals surface area contributed by atoms with Crippen LogP contribution in [0, 0.1) is 20.8 Å². The average Bonchev–Trinajstić information content (AvgIpc) is 2.84. The van der Waals surface area contributed by atoms with E-state index in [0.717, 1.165) is 12.2 Å². The van der Waals surface area contributed by atoms with Gasteiger partial charge in [-0.3, -0.25) is 0 Å². The van der Waals surface area contributed by atoms with Crippen molar-refractivity contribution < 1.29 is 4.52 Å². The fourth-order valence-electron chi connectivity index (χ4n) is 2.15. The number of aryl methyl sites for hydroxylation is 3. The summed E-state index contributed by atoms with van der Waals surface area (Å²) in [6.07, 6.45) is 1.60. The van der Waals surface area contributed by atoms with E-state index in [0.29, 0.717) is 6.04 Å². The lowest BCUT2D eigenvalue weighted by atomic mass is 9.96. The van der Waals surface area contributed by atoms with E-state index in [1.54, 1.807) is 6.26 Å². The number of rotatable bonds is 4. The Labute approximate surface area is 108 Å². The smallest absolute Gasteiger partial charge is 0.124 e. The second-order valence-electron chi connectivity index (χ2n) is 4.89. The number of benzene rings is 1. The molecule has 2 rings (SSSR count). The monoisotopic (exact) mass is 244 g/mol. The maximum absolute atomic E-state index is 4.82. The zero-order chi connectivity index (χ0) is 13.1. The minimum atomic E-state index is 0.306. The van der Waals surface area contributed by atoms with Crippen LogP contribution in [0.1, 0.15) is 40.9 Å². The van der Waals surface area contributed by atoms with E-state index in [1.165, 1.54) is 22.3 Å². The van der Waals surface area contributed by atoms with Gasteiger partial charge < -0.3 is 9.84 Å². The van der Waals surface area contributed by atoms with Gasteiger partial charge in [0.1, 0.15) is 6.26 Å². The lowest BCUT2D eigenvalue weighted by Gasteiger charge is -2.17. The number of nitrogens with zero attached hydrogens (tertiary/aromatic N) is 1. The van der Waals surface area contributed by atoms with Gasteiger partial charge in [0.15, 0.2) is 0 Å². The molecule has 18 heavy (non-hydrogen) atoms. The van der Waals surface area contributed by atoms with E-state index in [1.807, 2.05) is 6.07 Å². The van der Waals surface area contributed by atoms with E-state index in [2.05, 4.69) is 50.3 Å². The molecular formula is C15H20N2O. The van der Waals surface area contributed by atoms with Crippen LogP contribution in [0.3, 0.4) is 0 Å². The Bertz CT molecular complexity index is 518. The molecule has 0 amide bonds. The van der Waals surface area contributed by atoms with Crippen LogP contribution in [0.5, 0.6) is 0 Å². The highest BCUT2D eigenvalue weighted by Gasteiger charge is 2.10. The van der Waals surface area contributed by atoms with Gasteiger partial charge >= 0.3 is 0 Å². The van der Waals surface area contributed by atoms with E-state index in [4.69, 9.17) is 4.52 Å². The largest absolute Gasteiger partial charge is 0.364 e. The molecule has 1 heterocycles. The van der Waals surface area contributed by atoms with Crippen molar-refractivity contribution in [2.24, 2.45) is 0 Å². The third-order valence-corrected chi connectivity index (χ3v) is 3.43. The topological polar surface area (TPSA) is 38.1 Å². The van der Waals surface area contributed by atoms with Crippen LogP contribution in [0.25, 0.3) is 0 Å². The van der Waals surface area contributed by atoms with Crippen molar-refractivity contribution in [3.8, 4) is 0 Å². The predicted octanol–water partition coefficient (Wildman–Crippen LogP) is 3.45. The molecule has 96 valence electrons. The summed E-state index contributed by atoms with van der Waals surface area (Å²) >= 11 is 0. The third kappa shape index (κ3) is 2.79. The highest BCUT2D eigenvalue weighted by molar-refractivity contribution is 5.38. The Kier molecular flexibility index (Phi) is 3.82. The zero-order valence-corrected chi connectivity index (χ0v) is 11.4. The third-order valence-electron chi connectivity index (χ3n) is 3.43. The Balaban J connectivity index is 2.09. The molecule has 0 saturated heterocycles. The molecule has 0 bridgehead atoms. The van der Waals surface area contributed by atoms with E-state index < -0.39 is 0 Å². The molecule has 0 saturated carbocycles. The van der Waals surface area contributed by atoms with Crippen molar-refractivity contribution in [1.29, 1.82) is 0 Å². The molecule has 0 fully saturated rings. The number of hydrogen-bond acceptors (Lipinski definition) is 3. The molecule has 1 aromatic carbocycles. The summed E-state index contributed by atoms with van der Waals surface area (Å²) in [6.45, 7) is 9.37. The number of nitrogens with one attached hydrogen (secondary N) is 1. The molecule has 0 spiro atoms. The molecule has 2 aromatic rings. The molecule has 1 aromatic heterocycles. The maximum atomic E-state index is 4.82. The van der Waals surface area contributed by atoms with Crippen molar-refractivity contribution in [3.63, 3.8) is 0 Å². The minimum Gasteiger partial charge on any atom is -0.364 e. The van der Waals surface area contributed by atoms with E-state index in [9.17, 15) is 0 Å². The second kappa shape index (κ2) is 5.36. The fraction of sp³-hybridized carbons (Fsp3) is 0.400. The van der Waals surface area contributed by atoms with E-state index >= 15 is 0 Å². The number of aromatic nitrogens is 1. The molecule has 1 unspecified atom stereocenters. The quantitative estimate of drug-likeness (QED) is 0.895. The summed E-state index contributed by atoms with van der Waals surface area (Å²) < 4.78 is 4.82. The second-order valence-corrected chi connectivity index (χ2v) is 4.89. The molecule has 0 aliphatic carbocycles. The predicted molar refractivity (Wildman–Crippen MR) is 72.4 cm³/mol. The van der Waals surface area contributed by atoms with Crippen LogP contribution >= 0.6 is 0 Å². The molecule has 1 N–H and O–H groups in total. The Morgan fingerprint density at radius 3 is 2.56 bits per heavy atom. The normalized spacial score (nSPS) is 12.7. The summed E-state index contributed by atoms with van der Waals surface area (Å²) in [5.74, 6) is 0. The van der Waals surface area contributed by atoms with Gasteiger partial charge in [0.05, 0.1) is 5.69 Å². The van der Waals surface area contributed by atoms with Crippen LogP contribution in [0.15, 0.2) is 29.0 Å². The molecule has 0 aliphatic rings. The first-order valence-corrected chi connectivity index (χ1v) is 6.28. The van der Waals surface area contributed by atoms with Gasteiger partial charge in [-0.2, -0.15) is 0 Å².